The fourth-order valence-corrected chi connectivity index (χ4v) is 1.84. The summed E-state index contributed by atoms with van der Waals surface area (Å²) in [5.41, 5.74) is 0.845. The average molecular weight is 329 g/mol. The lowest BCUT2D eigenvalue weighted by molar-refractivity contribution is 1.07. The number of hydrogen-bond acceptors (Lipinski definition) is 5. The van der Waals surface area contributed by atoms with Crippen LogP contribution in [0.5, 0.6) is 0 Å². The van der Waals surface area contributed by atoms with Crippen LogP contribution >= 0.6 is 27.5 Å². The molecule has 2 rings (SSSR count). The summed E-state index contributed by atoms with van der Waals surface area (Å²) < 4.78 is 0.737. The van der Waals surface area contributed by atoms with Crippen LogP contribution in [0.1, 0.15) is 0 Å². The summed E-state index contributed by atoms with van der Waals surface area (Å²) >= 11 is 9.15. The molecule has 2 aromatic rings. The highest BCUT2D eigenvalue weighted by molar-refractivity contribution is 9.10. The van der Waals surface area contributed by atoms with Crippen molar-refractivity contribution in [2.75, 3.05) is 24.3 Å². The third-order valence-corrected chi connectivity index (χ3v) is 2.94. The minimum absolute atomic E-state index is 0.191. The van der Waals surface area contributed by atoms with Crippen molar-refractivity contribution in [2.45, 2.75) is 0 Å². The summed E-state index contributed by atoms with van der Waals surface area (Å²) in [5.74, 6) is 1.42. The topological polar surface area (TPSA) is 53.9 Å². The lowest BCUT2D eigenvalue weighted by atomic mass is 10.3. The predicted octanol–water partition coefficient (Wildman–Crippen LogP) is 3.10. The van der Waals surface area contributed by atoms with Gasteiger partial charge >= 0.3 is 0 Å². The highest BCUT2D eigenvalue weighted by Gasteiger charge is 2.09. The molecule has 2 heterocycles. The summed E-state index contributed by atoms with van der Waals surface area (Å²) in [6, 6.07) is 3.77. The van der Waals surface area contributed by atoms with Gasteiger partial charge in [-0.05, 0) is 39.7 Å². The van der Waals surface area contributed by atoms with Gasteiger partial charge in [0.2, 0.25) is 5.28 Å². The number of halogens is 2. The Hall–Kier alpha value is -1.40. The molecule has 0 radical (unpaired) electrons. The van der Waals surface area contributed by atoms with Gasteiger partial charge in [-0.3, -0.25) is 0 Å². The Morgan fingerprint density at radius 3 is 2.83 bits per heavy atom. The minimum Gasteiger partial charge on any atom is -0.361 e. The highest BCUT2D eigenvalue weighted by atomic mass is 79.9. The van der Waals surface area contributed by atoms with Gasteiger partial charge in [0, 0.05) is 26.5 Å². The summed E-state index contributed by atoms with van der Waals surface area (Å²) in [5, 5.41) is 3.37. The summed E-state index contributed by atoms with van der Waals surface area (Å²) in [6.45, 7) is 0. The van der Waals surface area contributed by atoms with Gasteiger partial charge in [-0.15, -0.1) is 0 Å². The van der Waals surface area contributed by atoms with Crippen molar-refractivity contribution in [3.63, 3.8) is 0 Å². The summed E-state index contributed by atoms with van der Waals surface area (Å²) in [4.78, 5) is 14.2. The van der Waals surface area contributed by atoms with Crippen LogP contribution in [0.25, 0.3) is 0 Å². The zero-order valence-corrected chi connectivity index (χ0v) is 12.2. The van der Waals surface area contributed by atoms with E-state index >= 15 is 0 Å². The second-order valence-electron chi connectivity index (χ2n) is 3.73. The van der Waals surface area contributed by atoms with Crippen molar-refractivity contribution in [2.24, 2.45) is 0 Å². The van der Waals surface area contributed by atoms with Gasteiger partial charge in [0.25, 0.3) is 0 Å². The standard InChI is InChI=1S/C11H11BrClN5/c1-18(2)10-8(4-3-5-14-10)16-9-7(12)6-15-11(13)17-9/h3-6H,1-2H3,(H,15,16,17). The van der Waals surface area contributed by atoms with E-state index in [0.717, 1.165) is 16.0 Å². The van der Waals surface area contributed by atoms with Crippen molar-refractivity contribution in [1.82, 2.24) is 15.0 Å². The number of pyridine rings is 1. The highest BCUT2D eigenvalue weighted by Crippen LogP contribution is 2.28. The van der Waals surface area contributed by atoms with E-state index in [0.29, 0.717) is 5.82 Å². The van der Waals surface area contributed by atoms with Gasteiger partial charge in [0.15, 0.2) is 5.82 Å². The zero-order valence-electron chi connectivity index (χ0n) is 9.85. The summed E-state index contributed by atoms with van der Waals surface area (Å²) in [7, 11) is 3.85. The van der Waals surface area contributed by atoms with Crippen LogP contribution in [-0.2, 0) is 0 Å². The molecule has 0 aromatic carbocycles. The van der Waals surface area contributed by atoms with Crippen LogP contribution < -0.4 is 10.2 Å². The molecule has 2 aromatic heterocycles. The van der Waals surface area contributed by atoms with Gasteiger partial charge in [0.1, 0.15) is 5.82 Å². The Balaban J connectivity index is 2.37. The largest absolute Gasteiger partial charge is 0.361 e. The van der Waals surface area contributed by atoms with Crippen LogP contribution in [0.2, 0.25) is 5.28 Å². The minimum atomic E-state index is 0.191. The van der Waals surface area contributed by atoms with Gasteiger partial charge in [-0.25, -0.2) is 9.97 Å². The zero-order chi connectivity index (χ0) is 13.1. The quantitative estimate of drug-likeness (QED) is 0.878. The molecule has 0 aliphatic carbocycles. The molecular weight excluding hydrogens is 318 g/mol. The number of nitrogens with one attached hydrogen (secondary N) is 1. The van der Waals surface area contributed by atoms with Crippen LogP contribution in [0.4, 0.5) is 17.3 Å². The maximum absolute atomic E-state index is 5.78. The van der Waals surface area contributed by atoms with Gasteiger partial charge in [-0.1, -0.05) is 0 Å². The van der Waals surface area contributed by atoms with E-state index in [4.69, 9.17) is 11.6 Å². The van der Waals surface area contributed by atoms with E-state index in [1.54, 1.807) is 12.4 Å². The molecule has 0 spiro atoms. The number of hydrogen-bond donors (Lipinski definition) is 1. The molecule has 0 saturated heterocycles. The average Bonchev–Trinajstić information content (AvgIpc) is 2.34. The van der Waals surface area contributed by atoms with Crippen molar-refractivity contribution in [1.29, 1.82) is 0 Å². The lowest BCUT2D eigenvalue weighted by Gasteiger charge is -2.16. The monoisotopic (exact) mass is 327 g/mol. The third kappa shape index (κ3) is 2.88. The molecule has 0 saturated carbocycles. The fourth-order valence-electron chi connectivity index (χ4n) is 1.41. The number of anilines is 3. The first-order chi connectivity index (χ1) is 8.58. The molecule has 7 heteroatoms. The molecule has 0 atom stereocenters. The molecular formula is C11H11BrClN5. The van der Waals surface area contributed by atoms with E-state index in [1.807, 2.05) is 31.1 Å². The first kappa shape index (κ1) is 13.0. The molecule has 0 bridgehead atoms. The third-order valence-electron chi connectivity index (χ3n) is 2.18. The smallest absolute Gasteiger partial charge is 0.224 e. The maximum atomic E-state index is 5.78. The Morgan fingerprint density at radius 1 is 1.33 bits per heavy atom. The van der Waals surface area contributed by atoms with Gasteiger partial charge < -0.3 is 10.2 Å². The van der Waals surface area contributed by atoms with Crippen molar-refractivity contribution in [3.05, 3.63) is 34.3 Å². The first-order valence-corrected chi connectivity index (χ1v) is 6.32. The molecule has 1 N–H and O–H groups in total. The van der Waals surface area contributed by atoms with E-state index < -0.39 is 0 Å². The molecule has 0 aliphatic rings. The van der Waals surface area contributed by atoms with E-state index in [1.165, 1.54) is 0 Å². The van der Waals surface area contributed by atoms with Gasteiger partial charge in [0.05, 0.1) is 10.2 Å². The fraction of sp³-hybridized carbons (Fsp3) is 0.182. The maximum Gasteiger partial charge on any atom is 0.224 e. The Kier molecular flexibility index (Phi) is 3.98. The Bertz CT molecular complexity index is 561. The molecule has 5 nitrogen and oxygen atoms in total. The molecule has 18 heavy (non-hydrogen) atoms. The van der Waals surface area contributed by atoms with E-state index in [2.05, 4.69) is 36.2 Å². The summed E-state index contributed by atoms with van der Waals surface area (Å²) in [6.07, 6.45) is 3.34. The molecule has 0 fully saturated rings. The number of nitrogens with zero attached hydrogens (tertiary/aromatic N) is 4. The Labute approximate surface area is 118 Å². The van der Waals surface area contributed by atoms with Crippen LogP contribution in [0.15, 0.2) is 29.0 Å². The van der Waals surface area contributed by atoms with Crippen LogP contribution in [0.3, 0.4) is 0 Å². The molecule has 0 unspecified atom stereocenters. The second-order valence-corrected chi connectivity index (χ2v) is 4.92. The molecule has 0 aliphatic heterocycles. The molecule has 0 amide bonds. The first-order valence-electron chi connectivity index (χ1n) is 5.15. The molecule has 94 valence electrons. The SMILES string of the molecule is CN(C)c1ncccc1Nc1nc(Cl)ncc1Br. The predicted molar refractivity (Wildman–Crippen MR) is 76.6 cm³/mol. The normalized spacial score (nSPS) is 10.2. The van der Waals surface area contributed by atoms with E-state index in [-0.39, 0.29) is 5.28 Å². The van der Waals surface area contributed by atoms with Crippen molar-refractivity contribution in [3.8, 4) is 0 Å². The van der Waals surface area contributed by atoms with Gasteiger partial charge in [-0.2, -0.15) is 4.98 Å². The second kappa shape index (κ2) is 5.49. The lowest BCUT2D eigenvalue weighted by Crippen LogP contribution is -2.13. The van der Waals surface area contributed by atoms with Crippen LogP contribution in [-0.4, -0.2) is 29.0 Å². The van der Waals surface area contributed by atoms with Crippen LogP contribution in [0, 0.1) is 0 Å². The number of aromatic nitrogens is 3. The van der Waals surface area contributed by atoms with Crippen molar-refractivity contribution < 1.29 is 0 Å². The Morgan fingerprint density at radius 2 is 2.11 bits per heavy atom. The van der Waals surface area contributed by atoms with E-state index in [9.17, 15) is 0 Å². The number of rotatable bonds is 3. The van der Waals surface area contributed by atoms with Crippen molar-refractivity contribution >= 4 is 44.9 Å².